The van der Waals surface area contributed by atoms with Crippen molar-refractivity contribution in [3.05, 3.63) is 0 Å². The van der Waals surface area contributed by atoms with Gasteiger partial charge in [-0.1, -0.05) is 13.3 Å². The summed E-state index contributed by atoms with van der Waals surface area (Å²) in [5.74, 6) is -1.20. The SMILES string of the molecule is CCC[C@@H]1C[C@]2(O)C[C@](C#N)(C(=O)N2)C1(C#N)C#N. The van der Waals surface area contributed by atoms with Crippen LogP contribution in [0.5, 0.6) is 0 Å². The van der Waals surface area contributed by atoms with E-state index in [1.807, 2.05) is 25.1 Å². The second-order valence-electron chi connectivity index (χ2n) is 5.40. The number of nitrogens with zero attached hydrogens (tertiary/aromatic N) is 3. The molecule has 0 aromatic heterocycles. The van der Waals surface area contributed by atoms with E-state index in [2.05, 4.69) is 5.32 Å². The zero-order valence-corrected chi connectivity index (χ0v) is 10.6. The van der Waals surface area contributed by atoms with E-state index in [0.29, 0.717) is 12.8 Å². The van der Waals surface area contributed by atoms with Crippen molar-refractivity contribution in [3.8, 4) is 18.2 Å². The summed E-state index contributed by atoms with van der Waals surface area (Å²) >= 11 is 0. The Kier molecular flexibility index (Phi) is 2.77. The number of nitrogens with one attached hydrogen (secondary N) is 1. The molecule has 1 saturated carbocycles. The normalized spacial score (nSPS) is 38.7. The molecule has 6 nitrogen and oxygen atoms in total. The van der Waals surface area contributed by atoms with Gasteiger partial charge in [-0.15, -0.1) is 0 Å². The molecule has 1 saturated heterocycles. The molecule has 19 heavy (non-hydrogen) atoms. The van der Waals surface area contributed by atoms with Crippen molar-refractivity contribution in [2.45, 2.75) is 38.3 Å². The van der Waals surface area contributed by atoms with E-state index in [9.17, 15) is 25.7 Å². The molecule has 0 spiro atoms. The predicted octanol–water partition coefficient (Wildman–Crippen LogP) is 0.558. The number of rotatable bonds is 2. The highest BCUT2D eigenvalue weighted by atomic mass is 16.3. The predicted molar refractivity (Wildman–Crippen MR) is 62.4 cm³/mol. The Morgan fingerprint density at radius 3 is 2.47 bits per heavy atom. The largest absolute Gasteiger partial charge is 0.371 e. The first-order chi connectivity index (χ1) is 8.93. The Hall–Kier alpha value is -2.10. The average Bonchev–Trinajstić information content (AvgIpc) is 2.60. The minimum absolute atomic E-state index is 0.136. The van der Waals surface area contributed by atoms with Crippen LogP contribution in [-0.4, -0.2) is 16.7 Å². The smallest absolute Gasteiger partial charge is 0.245 e. The molecule has 0 aromatic carbocycles. The van der Waals surface area contributed by atoms with Crippen molar-refractivity contribution >= 4 is 5.91 Å². The zero-order valence-electron chi connectivity index (χ0n) is 10.6. The molecule has 2 N–H and O–H groups in total. The van der Waals surface area contributed by atoms with Crippen molar-refractivity contribution < 1.29 is 9.90 Å². The van der Waals surface area contributed by atoms with Gasteiger partial charge in [0.05, 0.1) is 18.2 Å². The van der Waals surface area contributed by atoms with Gasteiger partial charge >= 0.3 is 0 Å². The molecule has 2 fully saturated rings. The van der Waals surface area contributed by atoms with Crippen LogP contribution in [0, 0.1) is 50.7 Å². The maximum atomic E-state index is 12.1. The molecule has 0 radical (unpaired) electrons. The van der Waals surface area contributed by atoms with Gasteiger partial charge in [-0.05, 0) is 12.3 Å². The first-order valence-corrected chi connectivity index (χ1v) is 6.22. The van der Waals surface area contributed by atoms with E-state index in [0.717, 1.165) is 0 Å². The van der Waals surface area contributed by atoms with Crippen LogP contribution in [0.3, 0.4) is 0 Å². The van der Waals surface area contributed by atoms with Crippen LogP contribution >= 0.6 is 0 Å². The lowest BCUT2D eigenvalue weighted by Gasteiger charge is -2.43. The van der Waals surface area contributed by atoms with Crippen LogP contribution in [0.15, 0.2) is 0 Å². The summed E-state index contributed by atoms with van der Waals surface area (Å²) < 4.78 is 0. The molecule has 2 bridgehead atoms. The molecule has 2 aliphatic rings. The minimum atomic E-state index is -1.77. The molecule has 3 atom stereocenters. The molecule has 1 heterocycles. The molecule has 0 aromatic rings. The Bertz CT molecular complexity index is 538. The third-order valence-electron chi connectivity index (χ3n) is 4.34. The van der Waals surface area contributed by atoms with Gasteiger partial charge in [-0.25, -0.2) is 0 Å². The van der Waals surface area contributed by atoms with Gasteiger partial charge in [-0.3, -0.25) is 4.79 Å². The fourth-order valence-corrected chi connectivity index (χ4v) is 3.48. The Balaban J connectivity index is 2.66. The van der Waals surface area contributed by atoms with Crippen molar-refractivity contribution in [3.63, 3.8) is 0 Å². The number of carbonyl (C=O) groups is 1. The van der Waals surface area contributed by atoms with Crippen LogP contribution < -0.4 is 5.32 Å². The van der Waals surface area contributed by atoms with Crippen molar-refractivity contribution in [1.82, 2.24) is 5.32 Å². The Labute approximate surface area is 111 Å². The number of nitriles is 3. The van der Waals surface area contributed by atoms with Gasteiger partial charge in [-0.2, -0.15) is 15.8 Å². The van der Waals surface area contributed by atoms with E-state index >= 15 is 0 Å². The first kappa shape index (κ1) is 13.3. The molecule has 1 amide bonds. The molecular formula is C13H14N4O2. The third-order valence-corrected chi connectivity index (χ3v) is 4.34. The molecule has 98 valence electrons. The van der Waals surface area contributed by atoms with Crippen LogP contribution in [0.2, 0.25) is 0 Å². The van der Waals surface area contributed by atoms with Crippen molar-refractivity contribution in [1.29, 1.82) is 15.8 Å². The van der Waals surface area contributed by atoms with Gasteiger partial charge in [0, 0.05) is 12.8 Å². The summed E-state index contributed by atoms with van der Waals surface area (Å²) in [7, 11) is 0. The van der Waals surface area contributed by atoms with Gasteiger partial charge < -0.3 is 10.4 Å². The topological polar surface area (TPSA) is 121 Å². The lowest BCUT2D eigenvalue weighted by molar-refractivity contribution is -0.128. The van der Waals surface area contributed by atoms with E-state index in [1.54, 1.807) is 0 Å². The first-order valence-electron chi connectivity index (χ1n) is 6.22. The molecular weight excluding hydrogens is 244 g/mol. The maximum absolute atomic E-state index is 12.1. The second-order valence-corrected chi connectivity index (χ2v) is 5.40. The summed E-state index contributed by atoms with van der Waals surface area (Å²) in [6, 6.07) is 5.67. The average molecular weight is 258 g/mol. The number of hydrogen-bond acceptors (Lipinski definition) is 5. The van der Waals surface area contributed by atoms with Crippen LogP contribution in [0.1, 0.15) is 32.6 Å². The number of hydrogen-bond donors (Lipinski definition) is 2. The van der Waals surface area contributed by atoms with Crippen LogP contribution in [-0.2, 0) is 4.79 Å². The second kappa shape index (κ2) is 3.95. The summed E-state index contributed by atoms with van der Waals surface area (Å²) in [5, 5.41) is 41.1. The molecule has 1 aliphatic heterocycles. The van der Waals surface area contributed by atoms with E-state index in [4.69, 9.17) is 0 Å². The third kappa shape index (κ3) is 1.40. The Morgan fingerprint density at radius 1 is 1.37 bits per heavy atom. The van der Waals surface area contributed by atoms with Gasteiger partial charge in [0.1, 0.15) is 5.72 Å². The van der Waals surface area contributed by atoms with Crippen molar-refractivity contribution in [2.24, 2.45) is 16.7 Å². The monoisotopic (exact) mass is 258 g/mol. The Morgan fingerprint density at radius 2 is 2.00 bits per heavy atom. The van der Waals surface area contributed by atoms with Crippen LogP contribution in [0.4, 0.5) is 0 Å². The highest BCUT2D eigenvalue weighted by Gasteiger charge is 2.73. The fraction of sp³-hybridized carbons (Fsp3) is 0.692. The number of amides is 1. The minimum Gasteiger partial charge on any atom is -0.371 e. The highest BCUT2D eigenvalue weighted by molar-refractivity contribution is 5.91. The number of fused-ring (bicyclic) bond motifs is 2. The highest BCUT2D eigenvalue weighted by Crippen LogP contribution is 2.60. The lowest BCUT2D eigenvalue weighted by Crippen LogP contribution is -2.53. The molecule has 6 heteroatoms. The number of aliphatic hydroxyl groups is 1. The molecule has 1 aliphatic carbocycles. The summed E-state index contributed by atoms with van der Waals surface area (Å²) in [4.78, 5) is 12.1. The summed E-state index contributed by atoms with van der Waals surface area (Å²) in [6.07, 6.45) is 1.16. The van der Waals surface area contributed by atoms with Crippen LogP contribution in [0.25, 0.3) is 0 Å². The summed E-state index contributed by atoms with van der Waals surface area (Å²) in [6.45, 7) is 1.90. The van der Waals surface area contributed by atoms with E-state index in [1.165, 1.54) is 0 Å². The van der Waals surface area contributed by atoms with Gasteiger partial charge in [0.2, 0.25) is 5.91 Å². The fourth-order valence-electron chi connectivity index (χ4n) is 3.48. The van der Waals surface area contributed by atoms with Gasteiger partial charge in [0.15, 0.2) is 10.8 Å². The summed E-state index contributed by atoms with van der Waals surface area (Å²) in [5.41, 5.74) is -4.93. The van der Waals surface area contributed by atoms with Gasteiger partial charge in [0.25, 0.3) is 0 Å². The lowest BCUT2D eigenvalue weighted by atomic mass is 9.52. The molecule has 0 unspecified atom stereocenters. The van der Waals surface area contributed by atoms with Crippen molar-refractivity contribution in [2.75, 3.05) is 0 Å². The molecule has 2 rings (SSSR count). The van der Waals surface area contributed by atoms with E-state index < -0.39 is 28.4 Å². The number of carbonyl (C=O) groups excluding carboxylic acids is 1. The maximum Gasteiger partial charge on any atom is 0.245 e. The quantitative estimate of drug-likeness (QED) is 0.749. The van der Waals surface area contributed by atoms with E-state index in [-0.39, 0.29) is 12.8 Å². The zero-order chi connectivity index (χ0) is 14.3. The standard InChI is InChI=1S/C13H14N4O2/c1-2-3-9-4-13(19)5-11(6-14,10(18)17-13)12(9,7-15)8-16/h9,19H,2-5H2,1H3,(H,17,18)/t9-,11+,13+/m1/s1.